The molecule has 1 aliphatic rings. The van der Waals surface area contributed by atoms with Crippen molar-refractivity contribution in [1.29, 1.82) is 0 Å². The molecule has 2 N–H and O–H groups in total. The zero-order valence-corrected chi connectivity index (χ0v) is 14.1. The van der Waals surface area contributed by atoms with Crippen LogP contribution >= 0.6 is 0 Å². The molecule has 24 heavy (non-hydrogen) atoms. The molecule has 1 heterocycles. The number of carbonyl (C=O) groups is 2. The van der Waals surface area contributed by atoms with Crippen LogP contribution in [0.4, 0.5) is 4.79 Å². The molecule has 1 aliphatic heterocycles. The summed E-state index contributed by atoms with van der Waals surface area (Å²) < 4.78 is 10.1. The van der Waals surface area contributed by atoms with Crippen LogP contribution in [0, 0.1) is 11.8 Å². The smallest absolute Gasteiger partial charge is 0.410 e. The van der Waals surface area contributed by atoms with Crippen LogP contribution in [0.25, 0.3) is 0 Å². The van der Waals surface area contributed by atoms with Crippen LogP contribution in [0.1, 0.15) is 24.8 Å². The fraction of sp³-hybridized carbons (Fsp3) is 0.556. The molecular weight excluding hydrogens is 308 g/mol. The van der Waals surface area contributed by atoms with E-state index in [1.54, 1.807) is 4.90 Å². The van der Waals surface area contributed by atoms with Crippen molar-refractivity contribution in [1.82, 2.24) is 4.90 Å². The van der Waals surface area contributed by atoms with Gasteiger partial charge in [-0.1, -0.05) is 30.3 Å². The highest BCUT2D eigenvalue weighted by atomic mass is 16.6. The SMILES string of the molecule is COC(=O)[C@@H](CN)CC1CCN(C(=O)OCc2ccccc2)CC1. The average Bonchev–Trinajstić information content (AvgIpc) is 2.64. The van der Waals surface area contributed by atoms with E-state index in [-0.39, 0.29) is 24.6 Å². The summed E-state index contributed by atoms with van der Waals surface area (Å²) in [7, 11) is 1.39. The number of likely N-dealkylation sites (tertiary alicyclic amines) is 1. The lowest BCUT2D eigenvalue weighted by atomic mass is 9.87. The first-order valence-electron chi connectivity index (χ1n) is 8.37. The Balaban J connectivity index is 1.73. The minimum atomic E-state index is -0.277. The van der Waals surface area contributed by atoms with E-state index >= 15 is 0 Å². The second kappa shape index (κ2) is 9.27. The summed E-state index contributed by atoms with van der Waals surface area (Å²) in [6.45, 7) is 1.89. The number of carbonyl (C=O) groups excluding carboxylic acids is 2. The highest BCUT2D eigenvalue weighted by Gasteiger charge is 2.28. The maximum Gasteiger partial charge on any atom is 0.410 e. The molecule has 0 aromatic heterocycles. The van der Waals surface area contributed by atoms with Gasteiger partial charge in [0, 0.05) is 19.6 Å². The summed E-state index contributed by atoms with van der Waals surface area (Å²) in [6, 6.07) is 9.63. The maximum atomic E-state index is 12.1. The summed E-state index contributed by atoms with van der Waals surface area (Å²) in [4.78, 5) is 25.5. The number of hydrogen-bond acceptors (Lipinski definition) is 5. The molecule has 2 rings (SSSR count). The van der Waals surface area contributed by atoms with Gasteiger partial charge in [0.05, 0.1) is 13.0 Å². The molecule has 1 fully saturated rings. The molecule has 1 aromatic rings. The molecule has 0 aliphatic carbocycles. The van der Waals surface area contributed by atoms with Crippen molar-refractivity contribution in [3.63, 3.8) is 0 Å². The first-order valence-corrected chi connectivity index (χ1v) is 8.37. The number of ether oxygens (including phenoxy) is 2. The quantitative estimate of drug-likeness (QED) is 0.806. The lowest BCUT2D eigenvalue weighted by molar-refractivity contribution is -0.145. The van der Waals surface area contributed by atoms with Gasteiger partial charge in [0.1, 0.15) is 6.61 Å². The lowest BCUT2D eigenvalue weighted by Gasteiger charge is -2.32. The number of nitrogens with two attached hydrogens (primary N) is 1. The van der Waals surface area contributed by atoms with Gasteiger partial charge in [0.25, 0.3) is 0 Å². The second-order valence-corrected chi connectivity index (χ2v) is 6.16. The molecule has 1 amide bonds. The lowest BCUT2D eigenvalue weighted by Crippen LogP contribution is -2.40. The Labute approximate surface area is 142 Å². The van der Waals surface area contributed by atoms with Crippen LogP contribution in [0.2, 0.25) is 0 Å². The average molecular weight is 334 g/mol. The Morgan fingerprint density at radius 2 is 1.92 bits per heavy atom. The maximum absolute atomic E-state index is 12.1. The Morgan fingerprint density at radius 3 is 2.50 bits per heavy atom. The topological polar surface area (TPSA) is 81.9 Å². The van der Waals surface area contributed by atoms with Gasteiger partial charge in [0.2, 0.25) is 0 Å². The zero-order valence-electron chi connectivity index (χ0n) is 14.1. The van der Waals surface area contributed by atoms with E-state index in [1.165, 1.54) is 7.11 Å². The molecule has 0 saturated carbocycles. The molecule has 1 atom stereocenters. The number of methoxy groups -OCH3 is 1. The van der Waals surface area contributed by atoms with Gasteiger partial charge in [-0.2, -0.15) is 0 Å². The number of esters is 1. The number of piperidine rings is 1. The molecule has 0 radical (unpaired) electrons. The third kappa shape index (κ3) is 5.23. The van der Waals surface area contributed by atoms with Gasteiger partial charge in [-0.3, -0.25) is 4.79 Å². The van der Waals surface area contributed by atoms with E-state index in [2.05, 4.69) is 0 Å². The third-order valence-corrected chi connectivity index (χ3v) is 4.51. The third-order valence-electron chi connectivity index (χ3n) is 4.51. The standard InChI is InChI=1S/C18H26N2O4/c1-23-17(21)16(12-19)11-14-7-9-20(10-8-14)18(22)24-13-15-5-3-2-4-6-15/h2-6,14,16H,7-13,19H2,1H3/t16-/m1/s1. The summed E-state index contributed by atoms with van der Waals surface area (Å²) in [5.74, 6) is -0.116. The molecule has 132 valence electrons. The molecule has 0 unspecified atom stereocenters. The van der Waals surface area contributed by atoms with E-state index < -0.39 is 0 Å². The first kappa shape index (κ1) is 18.3. The molecular formula is C18H26N2O4. The van der Waals surface area contributed by atoms with Gasteiger partial charge < -0.3 is 20.1 Å². The van der Waals surface area contributed by atoms with Crippen molar-refractivity contribution < 1.29 is 19.1 Å². The van der Waals surface area contributed by atoms with Gasteiger partial charge in [-0.15, -0.1) is 0 Å². The molecule has 0 spiro atoms. The van der Waals surface area contributed by atoms with Gasteiger partial charge in [-0.05, 0) is 30.7 Å². The normalized spacial score (nSPS) is 16.5. The van der Waals surface area contributed by atoms with Crippen molar-refractivity contribution >= 4 is 12.1 Å². The van der Waals surface area contributed by atoms with Gasteiger partial charge >= 0.3 is 12.1 Å². The van der Waals surface area contributed by atoms with Crippen molar-refractivity contribution in [2.24, 2.45) is 17.6 Å². The Morgan fingerprint density at radius 1 is 1.25 bits per heavy atom. The van der Waals surface area contributed by atoms with Crippen LogP contribution in [-0.2, 0) is 20.9 Å². The van der Waals surface area contributed by atoms with E-state index in [0.29, 0.717) is 25.6 Å². The van der Waals surface area contributed by atoms with Crippen LogP contribution in [0.3, 0.4) is 0 Å². The number of amides is 1. The molecule has 1 aromatic carbocycles. The van der Waals surface area contributed by atoms with E-state index in [9.17, 15) is 9.59 Å². The van der Waals surface area contributed by atoms with Crippen molar-refractivity contribution in [2.45, 2.75) is 25.9 Å². The van der Waals surface area contributed by atoms with Gasteiger partial charge in [0.15, 0.2) is 0 Å². The Hall–Kier alpha value is -2.08. The van der Waals surface area contributed by atoms with Crippen LogP contribution in [-0.4, -0.2) is 43.7 Å². The predicted octanol–water partition coefficient (Wildman–Crippen LogP) is 2.17. The molecule has 0 bridgehead atoms. The largest absolute Gasteiger partial charge is 0.469 e. The summed E-state index contributed by atoms with van der Waals surface area (Å²) in [5, 5.41) is 0. The highest BCUT2D eigenvalue weighted by Crippen LogP contribution is 2.25. The van der Waals surface area contributed by atoms with Crippen molar-refractivity contribution in [2.75, 3.05) is 26.7 Å². The van der Waals surface area contributed by atoms with Gasteiger partial charge in [-0.25, -0.2) is 4.79 Å². The minimum absolute atomic E-state index is 0.248. The molecule has 1 saturated heterocycles. The number of benzene rings is 1. The minimum Gasteiger partial charge on any atom is -0.469 e. The zero-order chi connectivity index (χ0) is 17.4. The predicted molar refractivity (Wildman–Crippen MR) is 90.1 cm³/mol. The summed E-state index contributed by atoms with van der Waals surface area (Å²) >= 11 is 0. The summed E-state index contributed by atoms with van der Waals surface area (Å²) in [5.41, 5.74) is 6.63. The fourth-order valence-corrected chi connectivity index (χ4v) is 3.02. The van der Waals surface area contributed by atoms with E-state index in [1.807, 2.05) is 30.3 Å². The van der Waals surface area contributed by atoms with Crippen LogP contribution in [0.5, 0.6) is 0 Å². The number of hydrogen-bond donors (Lipinski definition) is 1. The number of nitrogens with zero attached hydrogens (tertiary/aromatic N) is 1. The fourth-order valence-electron chi connectivity index (χ4n) is 3.02. The first-order chi connectivity index (χ1) is 11.6. The second-order valence-electron chi connectivity index (χ2n) is 6.16. The van der Waals surface area contributed by atoms with Crippen molar-refractivity contribution in [3.8, 4) is 0 Å². The monoisotopic (exact) mass is 334 g/mol. The van der Waals surface area contributed by atoms with Crippen LogP contribution in [0.15, 0.2) is 30.3 Å². The highest BCUT2D eigenvalue weighted by molar-refractivity contribution is 5.72. The number of rotatable bonds is 6. The Kier molecular flexibility index (Phi) is 7.06. The van der Waals surface area contributed by atoms with Crippen LogP contribution < -0.4 is 5.73 Å². The van der Waals surface area contributed by atoms with Crippen molar-refractivity contribution in [3.05, 3.63) is 35.9 Å². The summed E-state index contributed by atoms with van der Waals surface area (Å²) in [6.07, 6.45) is 2.15. The molecule has 6 nitrogen and oxygen atoms in total. The molecule has 6 heteroatoms. The Bertz CT molecular complexity index is 527. The van der Waals surface area contributed by atoms with E-state index in [4.69, 9.17) is 15.2 Å². The van der Waals surface area contributed by atoms with E-state index in [0.717, 1.165) is 24.8 Å².